The predicted octanol–water partition coefficient (Wildman–Crippen LogP) is 3.48. The first-order chi connectivity index (χ1) is 10.1. The average molecular weight is 300 g/mol. The first-order valence-corrected chi connectivity index (χ1v) is 6.97. The third-order valence-electron chi connectivity index (χ3n) is 3.11. The number of nitrogens with zero attached hydrogens (tertiary/aromatic N) is 2. The fourth-order valence-electron chi connectivity index (χ4n) is 2.23. The number of nitrogens with one attached hydrogen (secondary N) is 1. The van der Waals surface area contributed by atoms with Gasteiger partial charge >= 0.3 is 0 Å². The molecule has 106 valence electrons. The second kappa shape index (κ2) is 5.58. The molecule has 5 heteroatoms. The van der Waals surface area contributed by atoms with Crippen molar-refractivity contribution in [2.75, 3.05) is 5.32 Å². The van der Waals surface area contributed by atoms with Crippen molar-refractivity contribution < 1.29 is 4.79 Å². The summed E-state index contributed by atoms with van der Waals surface area (Å²) in [6, 6.07) is 11.0. The van der Waals surface area contributed by atoms with Gasteiger partial charge in [0.05, 0.1) is 17.8 Å². The Morgan fingerprint density at radius 1 is 1.29 bits per heavy atom. The Balaban J connectivity index is 1.73. The summed E-state index contributed by atoms with van der Waals surface area (Å²) in [5, 5.41) is 3.52. The van der Waals surface area contributed by atoms with Crippen molar-refractivity contribution in [3.63, 3.8) is 0 Å². The third-order valence-corrected chi connectivity index (χ3v) is 3.34. The van der Waals surface area contributed by atoms with Gasteiger partial charge in [-0.25, -0.2) is 4.98 Å². The molecular formula is C16H14ClN3O. The van der Waals surface area contributed by atoms with Gasteiger partial charge in [0, 0.05) is 17.4 Å². The average Bonchev–Trinajstić information content (AvgIpc) is 2.78. The summed E-state index contributed by atoms with van der Waals surface area (Å²) in [5.74, 6) is -0.0755. The van der Waals surface area contributed by atoms with E-state index in [0.29, 0.717) is 11.4 Å². The van der Waals surface area contributed by atoms with Gasteiger partial charge in [-0.2, -0.15) is 0 Å². The Morgan fingerprint density at radius 2 is 2.14 bits per heavy atom. The van der Waals surface area contributed by atoms with Crippen LogP contribution in [0.4, 0.5) is 5.69 Å². The molecular weight excluding hydrogens is 286 g/mol. The molecule has 1 N–H and O–H groups in total. The molecule has 0 fully saturated rings. The maximum Gasteiger partial charge on any atom is 0.228 e. The number of carbonyl (C=O) groups excluding carboxylic acids is 1. The molecule has 3 rings (SSSR count). The number of hydrogen-bond acceptors (Lipinski definition) is 2. The summed E-state index contributed by atoms with van der Waals surface area (Å²) in [6.07, 6.45) is 4.06. The van der Waals surface area contributed by atoms with Crippen molar-refractivity contribution in [2.24, 2.45) is 0 Å². The molecule has 0 saturated carbocycles. The minimum absolute atomic E-state index is 0.0755. The fourth-order valence-corrected chi connectivity index (χ4v) is 2.44. The SMILES string of the molecule is Cc1cn2cc(NC(=O)Cc3cccc(Cl)c3)ccc2n1. The monoisotopic (exact) mass is 299 g/mol. The van der Waals surface area contributed by atoms with E-state index in [4.69, 9.17) is 11.6 Å². The molecule has 4 nitrogen and oxygen atoms in total. The van der Waals surface area contributed by atoms with Crippen LogP contribution in [-0.4, -0.2) is 15.3 Å². The largest absolute Gasteiger partial charge is 0.324 e. The van der Waals surface area contributed by atoms with Gasteiger partial charge in [-0.3, -0.25) is 4.79 Å². The standard InChI is InChI=1S/C16H14ClN3O/c1-11-9-20-10-14(5-6-15(20)18-11)19-16(21)8-12-3-2-4-13(17)7-12/h2-7,9-10H,8H2,1H3,(H,19,21). The highest BCUT2D eigenvalue weighted by Crippen LogP contribution is 2.14. The van der Waals surface area contributed by atoms with Crippen LogP contribution in [0.5, 0.6) is 0 Å². The molecule has 1 amide bonds. The Morgan fingerprint density at radius 3 is 2.95 bits per heavy atom. The molecule has 1 aromatic carbocycles. The smallest absolute Gasteiger partial charge is 0.228 e. The van der Waals surface area contributed by atoms with Crippen LogP contribution in [-0.2, 0) is 11.2 Å². The number of aromatic nitrogens is 2. The van der Waals surface area contributed by atoms with Crippen molar-refractivity contribution in [1.82, 2.24) is 9.38 Å². The van der Waals surface area contributed by atoms with Gasteiger partial charge in [-0.05, 0) is 36.8 Å². The number of halogens is 1. The quantitative estimate of drug-likeness (QED) is 0.805. The van der Waals surface area contributed by atoms with E-state index >= 15 is 0 Å². The van der Waals surface area contributed by atoms with Gasteiger partial charge in [0.2, 0.25) is 5.91 Å². The van der Waals surface area contributed by atoms with Gasteiger partial charge < -0.3 is 9.72 Å². The molecule has 0 aliphatic heterocycles. The van der Waals surface area contributed by atoms with Crippen molar-refractivity contribution in [1.29, 1.82) is 0 Å². The third kappa shape index (κ3) is 3.23. The van der Waals surface area contributed by atoms with Crippen molar-refractivity contribution in [3.8, 4) is 0 Å². The number of carbonyl (C=O) groups is 1. The molecule has 2 heterocycles. The zero-order valence-electron chi connectivity index (χ0n) is 11.5. The Kier molecular flexibility index (Phi) is 3.62. The minimum Gasteiger partial charge on any atom is -0.324 e. The second-order valence-corrected chi connectivity index (χ2v) is 5.36. The molecule has 21 heavy (non-hydrogen) atoms. The lowest BCUT2D eigenvalue weighted by Crippen LogP contribution is -2.14. The topological polar surface area (TPSA) is 46.4 Å². The van der Waals surface area contributed by atoms with Gasteiger partial charge in [-0.1, -0.05) is 23.7 Å². The van der Waals surface area contributed by atoms with E-state index in [1.54, 1.807) is 12.1 Å². The summed E-state index contributed by atoms with van der Waals surface area (Å²) in [4.78, 5) is 16.4. The number of hydrogen-bond donors (Lipinski definition) is 1. The van der Waals surface area contributed by atoms with E-state index in [9.17, 15) is 4.79 Å². The second-order valence-electron chi connectivity index (χ2n) is 4.92. The summed E-state index contributed by atoms with van der Waals surface area (Å²) >= 11 is 5.91. The minimum atomic E-state index is -0.0755. The van der Waals surface area contributed by atoms with Gasteiger partial charge in [0.25, 0.3) is 0 Å². The zero-order chi connectivity index (χ0) is 14.8. The lowest BCUT2D eigenvalue weighted by atomic mass is 10.1. The summed E-state index contributed by atoms with van der Waals surface area (Å²) < 4.78 is 1.89. The van der Waals surface area contributed by atoms with Crippen LogP contribution in [0.1, 0.15) is 11.3 Å². The summed E-state index contributed by atoms with van der Waals surface area (Å²) in [6.45, 7) is 1.93. The number of anilines is 1. The van der Waals surface area contributed by atoms with Crippen LogP contribution < -0.4 is 5.32 Å². The number of fused-ring (bicyclic) bond motifs is 1. The predicted molar refractivity (Wildman–Crippen MR) is 83.7 cm³/mol. The van der Waals surface area contributed by atoms with Crippen molar-refractivity contribution >= 4 is 28.8 Å². The van der Waals surface area contributed by atoms with Crippen LogP contribution in [0.3, 0.4) is 0 Å². The Labute approximate surface area is 127 Å². The highest BCUT2D eigenvalue weighted by atomic mass is 35.5. The highest BCUT2D eigenvalue weighted by Gasteiger charge is 2.06. The van der Waals surface area contributed by atoms with E-state index < -0.39 is 0 Å². The van der Waals surface area contributed by atoms with Crippen LogP contribution in [0.25, 0.3) is 5.65 Å². The molecule has 0 radical (unpaired) electrons. The Hall–Kier alpha value is -2.33. The van der Waals surface area contributed by atoms with Gasteiger partial charge in [0.15, 0.2) is 0 Å². The molecule has 0 aliphatic rings. The Bertz CT molecular complexity index is 810. The zero-order valence-corrected chi connectivity index (χ0v) is 12.3. The number of imidazole rings is 1. The summed E-state index contributed by atoms with van der Waals surface area (Å²) in [7, 11) is 0. The number of rotatable bonds is 3. The molecule has 3 aromatic rings. The van der Waals surface area contributed by atoms with Crippen LogP contribution >= 0.6 is 11.6 Å². The first kappa shape index (κ1) is 13.6. The van der Waals surface area contributed by atoms with Crippen LogP contribution in [0.2, 0.25) is 5.02 Å². The molecule has 0 aliphatic carbocycles. The van der Waals surface area contributed by atoms with Crippen LogP contribution in [0.15, 0.2) is 48.8 Å². The lowest BCUT2D eigenvalue weighted by molar-refractivity contribution is -0.115. The molecule has 0 atom stereocenters. The van der Waals surface area contributed by atoms with Crippen molar-refractivity contribution in [3.05, 3.63) is 65.1 Å². The molecule has 0 spiro atoms. The highest BCUT2D eigenvalue weighted by molar-refractivity contribution is 6.30. The first-order valence-electron chi connectivity index (χ1n) is 6.60. The van der Waals surface area contributed by atoms with E-state index in [0.717, 1.165) is 22.6 Å². The van der Waals surface area contributed by atoms with E-state index in [1.807, 2.05) is 48.0 Å². The molecule has 0 unspecified atom stereocenters. The number of pyridine rings is 1. The van der Waals surface area contributed by atoms with E-state index in [1.165, 1.54) is 0 Å². The van der Waals surface area contributed by atoms with Gasteiger partial charge in [-0.15, -0.1) is 0 Å². The summed E-state index contributed by atoms with van der Waals surface area (Å²) in [5.41, 5.74) is 3.43. The fraction of sp³-hybridized carbons (Fsp3) is 0.125. The maximum absolute atomic E-state index is 12.1. The number of amides is 1. The molecule has 0 saturated heterocycles. The van der Waals surface area contributed by atoms with Gasteiger partial charge in [0.1, 0.15) is 5.65 Å². The molecule has 2 aromatic heterocycles. The van der Waals surface area contributed by atoms with Crippen molar-refractivity contribution in [2.45, 2.75) is 13.3 Å². The normalized spacial score (nSPS) is 10.8. The maximum atomic E-state index is 12.1. The molecule has 0 bridgehead atoms. The number of benzene rings is 1. The van der Waals surface area contributed by atoms with E-state index in [2.05, 4.69) is 10.3 Å². The number of aryl methyl sites for hydroxylation is 1. The van der Waals surface area contributed by atoms with E-state index in [-0.39, 0.29) is 5.91 Å². The lowest BCUT2D eigenvalue weighted by Gasteiger charge is -2.06. The van der Waals surface area contributed by atoms with Crippen LogP contribution in [0, 0.1) is 6.92 Å².